The Morgan fingerprint density at radius 2 is 2.03 bits per heavy atom. The van der Waals surface area contributed by atoms with Crippen molar-refractivity contribution in [2.24, 2.45) is 5.73 Å². The van der Waals surface area contributed by atoms with E-state index in [0.717, 1.165) is 34.6 Å². The molecule has 1 aromatic carbocycles. The van der Waals surface area contributed by atoms with Crippen molar-refractivity contribution in [3.05, 3.63) is 53.9 Å². The molecule has 2 bridgehead atoms. The SMILES string of the molecule is CCOC(=O)[C@H]1CCCC[C@H](N)C2=CN(O)C=CC(=C2)c2ccc(NC(=O)OCCOC)cc2N1. The van der Waals surface area contributed by atoms with E-state index >= 15 is 0 Å². The highest BCUT2D eigenvalue weighted by atomic mass is 16.6. The fraction of sp³-hybridized carbons (Fsp3) is 0.440. The molecule has 0 aromatic heterocycles. The number of nitrogens with one attached hydrogen (secondary N) is 2. The first-order valence-electron chi connectivity index (χ1n) is 11.8. The highest BCUT2D eigenvalue weighted by molar-refractivity contribution is 5.91. The number of fused-ring (bicyclic) bond motifs is 3. The van der Waals surface area contributed by atoms with Crippen LogP contribution in [0.4, 0.5) is 16.2 Å². The van der Waals surface area contributed by atoms with Crippen molar-refractivity contribution in [3.63, 3.8) is 0 Å². The zero-order valence-corrected chi connectivity index (χ0v) is 20.2. The van der Waals surface area contributed by atoms with Crippen LogP contribution >= 0.6 is 0 Å². The van der Waals surface area contributed by atoms with Gasteiger partial charge in [-0.15, -0.1) is 0 Å². The molecule has 0 saturated heterocycles. The third kappa shape index (κ3) is 7.57. The maximum absolute atomic E-state index is 12.7. The highest BCUT2D eigenvalue weighted by Crippen LogP contribution is 2.33. The summed E-state index contributed by atoms with van der Waals surface area (Å²) in [4.78, 5) is 24.9. The molecule has 1 aromatic rings. The van der Waals surface area contributed by atoms with Gasteiger partial charge in [0.25, 0.3) is 0 Å². The van der Waals surface area contributed by atoms with Crippen LogP contribution < -0.4 is 16.4 Å². The van der Waals surface area contributed by atoms with Crippen LogP contribution in [-0.2, 0) is 19.0 Å². The summed E-state index contributed by atoms with van der Waals surface area (Å²) in [7, 11) is 1.52. The number of benzene rings is 1. The standard InChI is InChI=1S/C25H34N4O6/c1-3-34-24(30)22-7-5-4-6-21(26)18-14-17(10-11-29(32)16-18)20-9-8-19(15-23(20)28-22)27-25(31)35-13-12-33-2/h8-11,14-16,21-22,28,32H,3-7,12-13,26H2,1-2H3,(H,27,31)/t21-,22+/m0/s1. The molecule has 2 aliphatic rings. The van der Waals surface area contributed by atoms with Crippen molar-refractivity contribution in [2.75, 3.05) is 37.6 Å². The molecule has 0 saturated carbocycles. The van der Waals surface area contributed by atoms with Crippen LogP contribution in [0.3, 0.4) is 0 Å². The molecule has 0 radical (unpaired) electrons. The van der Waals surface area contributed by atoms with Gasteiger partial charge in [0.2, 0.25) is 0 Å². The molecule has 3 rings (SSSR count). The van der Waals surface area contributed by atoms with E-state index in [0.29, 0.717) is 30.8 Å². The number of ether oxygens (including phenoxy) is 3. The average molecular weight is 487 g/mol. The average Bonchev–Trinajstić information content (AvgIpc) is 3.02. The molecular formula is C25H34N4O6. The number of methoxy groups -OCH3 is 1. The Bertz CT molecular complexity index is 990. The summed E-state index contributed by atoms with van der Waals surface area (Å²) in [5.41, 5.74) is 9.87. The first-order chi connectivity index (χ1) is 16.9. The maximum atomic E-state index is 12.7. The van der Waals surface area contributed by atoms with E-state index in [9.17, 15) is 14.8 Å². The smallest absolute Gasteiger partial charge is 0.411 e. The lowest BCUT2D eigenvalue weighted by molar-refractivity contribution is -0.144. The molecule has 5 N–H and O–H groups in total. The minimum Gasteiger partial charge on any atom is -0.464 e. The number of hydroxylamine groups is 2. The van der Waals surface area contributed by atoms with Gasteiger partial charge in [-0.1, -0.05) is 18.9 Å². The first-order valence-corrected chi connectivity index (χ1v) is 11.8. The number of nitrogens with two attached hydrogens (primary N) is 1. The summed E-state index contributed by atoms with van der Waals surface area (Å²) in [6.45, 7) is 2.47. The molecule has 0 fully saturated rings. The Morgan fingerprint density at radius 3 is 2.80 bits per heavy atom. The number of carbonyl (C=O) groups is 2. The van der Waals surface area contributed by atoms with Crippen molar-refractivity contribution in [3.8, 4) is 0 Å². The fourth-order valence-electron chi connectivity index (χ4n) is 3.91. The summed E-state index contributed by atoms with van der Waals surface area (Å²) in [5.74, 6) is -0.343. The summed E-state index contributed by atoms with van der Waals surface area (Å²) in [5, 5.41) is 17.2. The minimum absolute atomic E-state index is 0.126. The van der Waals surface area contributed by atoms with Crippen molar-refractivity contribution < 1.29 is 29.0 Å². The number of rotatable bonds is 6. The lowest BCUT2D eigenvalue weighted by Crippen LogP contribution is -2.32. The van der Waals surface area contributed by atoms with Gasteiger partial charge in [-0.25, -0.2) is 14.7 Å². The largest absolute Gasteiger partial charge is 0.464 e. The van der Waals surface area contributed by atoms with Crippen LogP contribution in [0.5, 0.6) is 0 Å². The van der Waals surface area contributed by atoms with Gasteiger partial charge < -0.3 is 25.3 Å². The zero-order valence-electron chi connectivity index (χ0n) is 20.2. The molecule has 35 heavy (non-hydrogen) atoms. The second-order valence-electron chi connectivity index (χ2n) is 8.28. The molecule has 2 aliphatic heterocycles. The van der Waals surface area contributed by atoms with Gasteiger partial charge in [-0.3, -0.25) is 10.5 Å². The molecule has 1 amide bonds. The number of amides is 1. The van der Waals surface area contributed by atoms with E-state index < -0.39 is 12.1 Å². The predicted octanol–water partition coefficient (Wildman–Crippen LogP) is 3.61. The van der Waals surface area contributed by atoms with Gasteiger partial charge in [0.05, 0.1) is 13.2 Å². The molecular weight excluding hydrogens is 452 g/mol. The maximum Gasteiger partial charge on any atom is 0.411 e. The molecule has 2 atom stereocenters. The van der Waals surface area contributed by atoms with Gasteiger partial charge in [-0.05, 0) is 55.2 Å². The zero-order chi connectivity index (χ0) is 25.2. The normalized spacial score (nSPS) is 20.1. The van der Waals surface area contributed by atoms with E-state index in [1.807, 2.05) is 12.1 Å². The number of allylic oxidation sites excluding steroid dienone is 2. The van der Waals surface area contributed by atoms with E-state index in [1.165, 1.54) is 13.3 Å². The third-order valence-electron chi connectivity index (χ3n) is 5.69. The number of hydrogen-bond acceptors (Lipinski definition) is 9. The van der Waals surface area contributed by atoms with Gasteiger partial charge >= 0.3 is 12.1 Å². The lowest BCUT2D eigenvalue weighted by atomic mass is 9.94. The summed E-state index contributed by atoms with van der Waals surface area (Å²) < 4.78 is 15.3. The number of esters is 1. The minimum atomic E-state index is -0.613. The predicted molar refractivity (Wildman–Crippen MR) is 133 cm³/mol. The number of anilines is 2. The van der Waals surface area contributed by atoms with Crippen molar-refractivity contribution in [2.45, 2.75) is 44.7 Å². The third-order valence-corrected chi connectivity index (χ3v) is 5.69. The quantitative estimate of drug-likeness (QED) is 0.351. The van der Waals surface area contributed by atoms with Crippen LogP contribution in [0.25, 0.3) is 5.57 Å². The Kier molecular flexibility index (Phi) is 9.71. The lowest BCUT2D eigenvalue weighted by Gasteiger charge is -2.23. The second kappa shape index (κ2) is 12.9. The van der Waals surface area contributed by atoms with Crippen molar-refractivity contribution >= 4 is 29.0 Å². The van der Waals surface area contributed by atoms with Crippen molar-refractivity contribution in [1.82, 2.24) is 5.06 Å². The summed E-state index contributed by atoms with van der Waals surface area (Å²) in [6.07, 6.45) is 9.02. The van der Waals surface area contributed by atoms with Gasteiger partial charge in [0.15, 0.2) is 0 Å². The highest BCUT2D eigenvalue weighted by Gasteiger charge is 2.23. The van der Waals surface area contributed by atoms with Crippen LogP contribution in [-0.4, -0.2) is 61.3 Å². The number of hydrogen-bond donors (Lipinski definition) is 4. The summed E-state index contributed by atoms with van der Waals surface area (Å²) in [6, 6.07) is 4.45. The molecule has 190 valence electrons. The van der Waals surface area contributed by atoms with Gasteiger partial charge in [-0.2, -0.15) is 0 Å². The summed E-state index contributed by atoms with van der Waals surface area (Å²) >= 11 is 0. The van der Waals surface area contributed by atoms with E-state index in [2.05, 4.69) is 10.6 Å². The Labute approximate surface area is 205 Å². The first kappa shape index (κ1) is 26.3. The molecule has 0 spiro atoms. The van der Waals surface area contributed by atoms with E-state index in [-0.39, 0.29) is 25.2 Å². The Hall–Kier alpha value is -3.34. The van der Waals surface area contributed by atoms with Crippen LogP contribution in [0.1, 0.15) is 38.2 Å². The molecule has 10 nitrogen and oxygen atoms in total. The molecule has 2 heterocycles. The Morgan fingerprint density at radius 1 is 1.23 bits per heavy atom. The van der Waals surface area contributed by atoms with E-state index in [4.69, 9.17) is 19.9 Å². The van der Waals surface area contributed by atoms with Gasteiger partial charge in [0, 0.05) is 42.5 Å². The van der Waals surface area contributed by atoms with Crippen LogP contribution in [0, 0.1) is 0 Å². The number of nitrogens with zero attached hydrogens (tertiary/aromatic N) is 1. The number of carbonyl (C=O) groups excluding carboxylic acids is 2. The van der Waals surface area contributed by atoms with Crippen LogP contribution in [0.15, 0.2) is 48.3 Å². The van der Waals surface area contributed by atoms with Crippen LogP contribution in [0.2, 0.25) is 0 Å². The Balaban J connectivity index is 2.00. The molecule has 0 aliphatic carbocycles. The van der Waals surface area contributed by atoms with Crippen molar-refractivity contribution in [1.29, 1.82) is 0 Å². The fourth-order valence-corrected chi connectivity index (χ4v) is 3.91. The molecule has 0 unspecified atom stereocenters. The van der Waals surface area contributed by atoms with E-state index in [1.54, 1.807) is 31.3 Å². The molecule has 10 heteroatoms. The topological polar surface area (TPSA) is 135 Å². The van der Waals surface area contributed by atoms with Gasteiger partial charge in [0.1, 0.15) is 12.6 Å². The second-order valence-corrected chi connectivity index (χ2v) is 8.28. The monoisotopic (exact) mass is 486 g/mol.